The summed E-state index contributed by atoms with van der Waals surface area (Å²) >= 11 is 1.67. The summed E-state index contributed by atoms with van der Waals surface area (Å²) in [6.45, 7) is 2.90. The van der Waals surface area contributed by atoms with Crippen molar-refractivity contribution >= 4 is 27.8 Å². The van der Waals surface area contributed by atoms with Crippen LogP contribution in [0.15, 0.2) is 9.31 Å². The van der Waals surface area contributed by atoms with Gasteiger partial charge in [0.1, 0.15) is 22.0 Å². The zero-order chi connectivity index (χ0) is 14.2. The number of rotatable bonds is 4. The second-order valence-electron chi connectivity index (χ2n) is 4.41. The molecular formula is C11H15NO5S2. The van der Waals surface area contributed by atoms with Gasteiger partial charge in [0.2, 0.25) is 10.0 Å². The van der Waals surface area contributed by atoms with Gasteiger partial charge >= 0.3 is 5.97 Å². The summed E-state index contributed by atoms with van der Waals surface area (Å²) in [4.78, 5) is 10.9. The number of furan rings is 1. The smallest absolute Gasteiger partial charge is 0.340 e. The standard InChI is InChI=1S/C11H15NO5S2/c1-6-9(11(13)14)10(7(2)17-6)19(15,16)12-8-3-4-18-5-8/h8,12H,3-5H2,1-2H3,(H,13,14). The van der Waals surface area contributed by atoms with Crippen LogP contribution in [0.2, 0.25) is 0 Å². The lowest BCUT2D eigenvalue weighted by molar-refractivity contribution is 0.0691. The van der Waals surface area contributed by atoms with Crippen molar-refractivity contribution in [3.8, 4) is 0 Å². The molecule has 0 bridgehead atoms. The molecule has 1 unspecified atom stereocenters. The van der Waals surface area contributed by atoms with Crippen molar-refractivity contribution in [1.29, 1.82) is 0 Å². The molecule has 19 heavy (non-hydrogen) atoms. The van der Waals surface area contributed by atoms with Gasteiger partial charge < -0.3 is 9.52 Å². The molecule has 2 N–H and O–H groups in total. The molecule has 1 aromatic heterocycles. The monoisotopic (exact) mass is 305 g/mol. The molecule has 0 aliphatic carbocycles. The average molecular weight is 305 g/mol. The van der Waals surface area contributed by atoms with Crippen molar-refractivity contribution < 1.29 is 22.7 Å². The zero-order valence-corrected chi connectivity index (χ0v) is 12.2. The molecule has 6 nitrogen and oxygen atoms in total. The minimum Gasteiger partial charge on any atom is -0.478 e. The van der Waals surface area contributed by atoms with E-state index in [0.717, 1.165) is 12.2 Å². The zero-order valence-electron chi connectivity index (χ0n) is 10.6. The minimum absolute atomic E-state index is 0.103. The van der Waals surface area contributed by atoms with Crippen LogP contribution < -0.4 is 4.72 Å². The molecule has 0 saturated carbocycles. The molecular weight excluding hydrogens is 290 g/mol. The van der Waals surface area contributed by atoms with Crippen molar-refractivity contribution in [2.75, 3.05) is 11.5 Å². The molecule has 8 heteroatoms. The van der Waals surface area contributed by atoms with E-state index < -0.39 is 16.0 Å². The van der Waals surface area contributed by atoms with Gasteiger partial charge in [0.15, 0.2) is 0 Å². The van der Waals surface area contributed by atoms with Gasteiger partial charge in [-0.3, -0.25) is 0 Å². The van der Waals surface area contributed by atoms with E-state index in [1.807, 2.05) is 0 Å². The van der Waals surface area contributed by atoms with Crippen molar-refractivity contribution in [3.05, 3.63) is 17.1 Å². The van der Waals surface area contributed by atoms with Crippen LogP contribution in [-0.2, 0) is 10.0 Å². The molecule has 106 valence electrons. The van der Waals surface area contributed by atoms with Crippen LogP contribution in [0, 0.1) is 13.8 Å². The highest BCUT2D eigenvalue weighted by molar-refractivity contribution is 7.99. The van der Waals surface area contributed by atoms with Gasteiger partial charge in [-0.05, 0) is 26.0 Å². The van der Waals surface area contributed by atoms with Gasteiger partial charge in [0, 0.05) is 11.8 Å². The van der Waals surface area contributed by atoms with E-state index in [0.29, 0.717) is 5.75 Å². The number of carbonyl (C=O) groups is 1. The SMILES string of the molecule is Cc1oc(C)c(S(=O)(=O)NC2CCSC2)c1C(=O)O. The van der Waals surface area contributed by atoms with E-state index in [1.54, 1.807) is 11.8 Å². The number of hydrogen-bond donors (Lipinski definition) is 2. The largest absolute Gasteiger partial charge is 0.478 e. The molecule has 1 aliphatic heterocycles. The molecule has 1 aliphatic rings. The van der Waals surface area contributed by atoms with Crippen LogP contribution in [0.5, 0.6) is 0 Å². The molecule has 0 amide bonds. The first-order valence-electron chi connectivity index (χ1n) is 5.76. The summed E-state index contributed by atoms with van der Waals surface area (Å²) in [6.07, 6.45) is 0.752. The maximum absolute atomic E-state index is 12.3. The quantitative estimate of drug-likeness (QED) is 0.872. The summed E-state index contributed by atoms with van der Waals surface area (Å²) in [7, 11) is -3.87. The van der Waals surface area contributed by atoms with Crippen LogP contribution in [0.1, 0.15) is 28.3 Å². The Kier molecular flexibility index (Phi) is 3.93. The Morgan fingerprint density at radius 3 is 2.63 bits per heavy atom. The topological polar surface area (TPSA) is 96.6 Å². The van der Waals surface area contributed by atoms with Crippen LogP contribution in [0.25, 0.3) is 0 Å². The predicted molar refractivity (Wildman–Crippen MR) is 71.2 cm³/mol. The van der Waals surface area contributed by atoms with Crippen molar-refractivity contribution in [3.63, 3.8) is 0 Å². The number of carboxylic acids is 1. The van der Waals surface area contributed by atoms with E-state index in [9.17, 15) is 13.2 Å². The normalized spacial score (nSPS) is 19.8. The Morgan fingerprint density at radius 1 is 1.42 bits per heavy atom. The van der Waals surface area contributed by atoms with Gasteiger partial charge in [0.05, 0.1) is 0 Å². The molecule has 0 radical (unpaired) electrons. The lowest BCUT2D eigenvalue weighted by Crippen LogP contribution is -2.35. The molecule has 0 aromatic carbocycles. The maximum atomic E-state index is 12.3. The van der Waals surface area contributed by atoms with Crippen LogP contribution in [-0.4, -0.2) is 37.0 Å². The van der Waals surface area contributed by atoms with E-state index in [4.69, 9.17) is 9.52 Å². The fourth-order valence-electron chi connectivity index (χ4n) is 2.14. The Balaban J connectivity index is 2.42. The summed E-state index contributed by atoms with van der Waals surface area (Å²) < 4.78 is 32.3. The molecule has 1 atom stereocenters. The van der Waals surface area contributed by atoms with Crippen molar-refractivity contribution in [1.82, 2.24) is 4.72 Å². The molecule has 2 heterocycles. The third-order valence-corrected chi connectivity index (χ3v) is 5.77. The highest BCUT2D eigenvalue weighted by Gasteiger charge is 2.33. The number of aryl methyl sites for hydroxylation is 2. The van der Waals surface area contributed by atoms with E-state index >= 15 is 0 Å². The average Bonchev–Trinajstić information content (AvgIpc) is 2.85. The highest BCUT2D eigenvalue weighted by atomic mass is 32.2. The summed E-state index contributed by atoms with van der Waals surface area (Å²) in [5.41, 5.74) is -0.282. The second-order valence-corrected chi connectivity index (χ2v) is 7.21. The molecule has 2 rings (SSSR count). The molecule has 1 fully saturated rings. The summed E-state index contributed by atoms with van der Waals surface area (Å²) in [5.74, 6) is 0.523. The van der Waals surface area contributed by atoms with Crippen molar-refractivity contribution in [2.45, 2.75) is 31.2 Å². The first-order valence-corrected chi connectivity index (χ1v) is 8.40. The summed E-state index contributed by atoms with van der Waals surface area (Å²) in [5, 5.41) is 9.13. The van der Waals surface area contributed by atoms with Crippen LogP contribution >= 0.6 is 11.8 Å². The third-order valence-electron chi connectivity index (χ3n) is 2.94. The van der Waals surface area contributed by atoms with E-state index in [-0.39, 0.29) is 28.0 Å². The third kappa shape index (κ3) is 2.80. The Bertz CT molecular complexity index is 599. The Hall–Kier alpha value is -0.990. The van der Waals surface area contributed by atoms with E-state index in [1.165, 1.54) is 13.8 Å². The lowest BCUT2D eigenvalue weighted by Gasteiger charge is -2.11. The van der Waals surface area contributed by atoms with Gasteiger partial charge in [0.25, 0.3) is 0 Å². The number of aromatic carboxylic acids is 1. The second kappa shape index (κ2) is 5.18. The molecule has 0 spiro atoms. The number of carboxylic acid groups (broad SMARTS) is 1. The van der Waals surface area contributed by atoms with Gasteiger partial charge in [-0.2, -0.15) is 11.8 Å². The van der Waals surface area contributed by atoms with Gasteiger partial charge in [-0.15, -0.1) is 0 Å². The fraction of sp³-hybridized carbons (Fsp3) is 0.545. The Labute approximate surface area is 115 Å². The molecule has 1 aromatic rings. The number of nitrogens with one attached hydrogen (secondary N) is 1. The first-order chi connectivity index (χ1) is 8.83. The maximum Gasteiger partial charge on any atom is 0.340 e. The Morgan fingerprint density at radius 2 is 2.11 bits per heavy atom. The lowest BCUT2D eigenvalue weighted by atomic mass is 10.2. The number of thioether (sulfide) groups is 1. The highest BCUT2D eigenvalue weighted by Crippen LogP contribution is 2.28. The summed E-state index contributed by atoms with van der Waals surface area (Å²) in [6, 6.07) is -0.147. The number of sulfonamides is 1. The van der Waals surface area contributed by atoms with Crippen LogP contribution in [0.4, 0.5) is 0 Å². The van der Waals surface area contributed by atoms with Crippen molar-refractivity contribution in [2.24, 2.45) is 0 Å². The fourth-order valence-corrected chi connectivity index (χ4v) is 5.08. The first kappa shape index (κ1) is 14.4. The van der Waals surface area contributed by atoms with Gasteiger partial charge in [-0.25, -0.2) is 17.9 Å². The predicted octanol–water partition coefficient (Wildman–Crippen LogP) is 1.38. The molecule has 1 saturated heterocycles. The van der Waals surface area contributed by atoms with Crippen LogP contribution in [0.3, 0.4) is 0 Å². The van der Waals surface area contributed by atoms with E-state index in [2.05, 4.69) is 4.72 Å². The van der Waals surface area contributed by atoms with Gasteiger partial charge in [-0.1, -0.05) is 0 Å². The minimum atomic E-state index is -3.87. The number of hydrogen-bond acceptors (Lipinski definition) is 5.